The maximum atomic E-state index is 6.59. The third kappa shape index (κ3) is 1.87. The molecule has 5 rings (SSSR count). The van der Waals surface area contributed by atoms with E-state index in [9.17, 15) is 0 Å². The minimum Gasteiger partial charge on any atom is -0.464 e. The van der Waals surface area contributed by atoms with Crippen molar-refractivity contribution in [1.29, 1.82) is 0 Å². The molecule has 0 amide bonds. The Balaban J connectivity index is 1.58. The van der Waals surface area contributed by atoms with Gasteiger partial charge in [0, 0.05) is 6.42 Å². The van der Waals surface area contributed by atoms with Gasteiger partial charge in [-0.2, -0.15) is 0 Å². The minimum atomic E-state index is 0.135. The van der Waals surface area contributed by atoms with Gasteiger partial charge < -0.3 is 10.2 Å². The number of aryl methyl sites for hydroxylation is 1. The van der Waals surface area contributed by atoms with E-state index in [4.69, 9.17) is 10.2 Å². The Morgan fingerprint density at radius 2 is 1.74 bits per heavy atom. The summed E-state index contributed by atoms with van der Waals surface area (Å²) in [6, 6.07) is 4.36. The van der Waals surface area contributed by atoms with Gasteiger partial charge in [-0.05, 0) is 73.8 Å². The predicted molar refractivity (Wildman–Crippen MR) is 75.5 cm³/mol. The van der Waals surface area contributed by atoms with Gasteiger partial charge in [-0.1, -0.05) is 6.92 Å². The molecule has 1 atom stereocenters. The van der Waals surface area contributed by atoms with Crippen LogP contribution in [0.25, 0.3) is 0 Å². The summed E-state index contributed by atoms with van der Waals surface area (Å²) in [7, 11) is 0. The summed E-state index contributed by atoms with van der Waals surface area (Å²) >= 11 is 0. The maximum absolute atomic E-state index is 6.59. The summed E-state index contributed by atoms with van der Waals surface area (Å²) in [4.78, 5) is 0. The molecule has 2 nitrogen and oxygen atoms in total. The Morgan fingerprint density at radius 1 is 1.11 bits per heavy atom. The van der Waals surface area contributed by atoms with Crippen molar-refractivity contribution in [3.05, 3.63) is 23.7 Å². The van der Waals surface area contributed by atoms with Crippen LogP contribution in [0.5, 0.6) is 0 Å². The Labute approximate surface area is 115 Å². The molecule has 0 radical (unpaired) electrons. The quantitative estimate of drug-likeness (QED) is 0.893. The summed E-state index contributed by atoms with van der Waals surface area (Å²) in [5.74, 6) is 6.60. The molecule has 19 heavy (non-hydrogen) atoms. The Bertz CT molecular complexity index is 436. The van der Waals surface area contributed by atoms with Gasteiger partial charge in [-0.3, -0.25) is 0 Å². The van der Waals surface area contributed by atoms with Gasteiger partial charge in [0.1, 0.15) is 11.5 Å². The highest BCUT2D eigenvalue weighted by molar-refractivity contribution is 5.14. The molecule has 104 valence electrons. The molecule has 1 unspecified atom stereocenters. The molecule has 0 aliphatic heterocycles. The number of hydrogen-bond donors (Lipinski definition) is 1. The molecule has 4 aliphatic rings. The topological polar surface area (TPSA) is 39.2 Å². The van der Waals surface area contributed by atoms with Crippen molar-refractivity contribution < 1.29 is 4.42 Å². The van der Waals surface area contributed by atoms with Crippen LogP contribution in [0.1, 0.15) is 56.6 Å². The molecule has 2 heteroatoms. The summed E-state index contributed by atoms with van der Waals surface area (Å²) < 4.78 is 5.93. The maximum Gasteiger partial charge on any atom is 0.121 e. The van der Waals surface area contributed by atoms with Gasteiger partial charge in [0.2, 0.25) is 0 Å². The van der Waals surface area contributed by atoms with Gasteiger partial charge in [-0.15, -0.1) is 0 Å². The lowest BCUT2D eigenvalue weighted by Crippen LogP contribution is -2.48. The van der Waals surface area contributed by atoms with Crippen LogP contribution in [0, 0.1) is 29.6 Å². The number of hydrogen-bond acceptors (Lipinski definition) is 2. The Kier molecular flexibility index (Phi) is 2.77. The second-order valence-corrected chi connectivity index (χ2v) is 7.19. The SMILES string of the molecule is CCc1ccc(C(N)C2C3CC4CC(C3)CC2C4)o1. The van der Waals surface area contributed by atoms with Gasteiger partial charge in [0.05, 0.1) is 6.04 Å². The smallest absolute Gasteiger partial charge is 0.121 e. The zero-order chi connectivity index (χ0) is 13.0. The van der Waals surface area contributed by atoms with Crippen molar-refractivity contribution in [2.75, 3.05) is 0 Å². The highest BCUT2D eigenvalue weighted by atomic mass is 16.3. The molecule has 1 aromatic heterocycles. The summed E-state index contributed by atoms with van der Waals surface area (Å²) in [5.41, 5.74) is 6.59. The Morgan fingerprint density at radius 3 is 2.26 bits per heavy atom. The average Bonchev–Trinajstić information content (AvgIpc) is 2.86. The average molecular weight is 259 g/mol. The minimum absolute atomic E-state index is 0.135. The van der Waals surface area contributed by atoms with E-state index >= 15 is 0 Å². The van der Waals surface area contributed by atoms with Crippen LogP contribution in [0.2, 0.25) is 0 Å². The number of rotatable bonds is 3. The van der Waals surface area contributed by atoms with Crippen LogP contribution in [-0.2, 0) is 6.42 Å². The van der Waals surface area contributed by atoms with E-state index in [1.54, 1.807) is 0 Å². The van der Waals surface area contributed by atoms with Crippen molar-refractivity contribution in [2.24, 2.45) is 35.3 Å². The van der Waals surface area contributed by atoms with Crippen LogP contribution in [0.3, 0.4) is 0 Å². The highest BCUT2D eigenvalue weighted by Crippen LogP contribution is 2.58. The molecule has 0 saturated heterocycles. The first-order valence-electron chi connectivity index (χ1n) is 8.08. The predicted octanol–water partition coefficient (Wildman–Crippen LogP) is 3.91. The van der Waals surface area contributed by atoms with Crippen molar-refractivity contribution in [3.8, 4) is 0 Å². The van der Waals surface area contributed by atoms with Gasteiger partial charge in [0.15, 0.2) is 0 Å². The van der Waals surface area contributed by atoms with Crippen molar-refractivity contribution in [2.45, 2.75) is 51.5 Å². The summed E-state index contributed by atoms with van der Waals surface area (Å²) in [6.07, 6.45) is 8.23. The fraction of sp³-hybridized carbons (Fsp3) is 0.765. The lowest BCUT2D eigenvalue weighted by atomic mass is 9.50. The molecule has 2 N–H and O–H groups in total. The molecule has 0 spiro atoms. The molecule has 4 fully saturated rings. The molecular formula is C17H25NO. The highest BCUT2D eigenvalue weighted by Gasteiger charge is 2.50. The third-order valence-corrected chi connectivity index (χ3v) is 6.07. The molecule has 4 saturated carbocycles. The van der Waals surface area contributed by atoms with E-state index in [2.05, 4.69) is 19.1 Å². The van der Waals surface area contributed by atoms with Crippen molar-refractivity contribution >= 4 is 0 Å². The van der Waals surface area contributed by atoms with Crippen LogP contribution in [0.4, 0.5) is 0 Å². The third-order valence-electron chi connectivity index (χ3n) is 6.07. The molecule has 1 aromatic rings. The van der Waals surface area contributed by atoms with E-state index < -0.39 is 0 Å². The fourth-order valence-electron chi connectivity index (χ4n) is 5.51. The lowest BCUT2D eigenvalue weighted by Gasteiger charge is -2.55. The molecule has 0 aromatic carbocycles. The second kappa shape index (κ2) is 4.37. The number of furan rings is 1. The number of nitrogens with two attached hydrogens (primary N) is 1. The van der Waals surface area contributed by atoms with Crippen LogP contribution >= 0.6 is 0 Å². The first-order chi connectivity index (χ1) is 9.24. The zero-order valence-electron chi connectivity index (χ0n) is 11.8. The molecular weight excluding hydrogens is 234 g/mol. The second-order valence-electron chi connectivity index (χ2n) is 7.19. The van der Waals surface area contributed by atoms with Gasteiger partial charge >= 0.3 is 0 Å². The monoisotopic (exact) mass is 259 g/mol. The summed E-state index contributed by atoms with van der Waals surface area (Å²) in [6.45, 7) is 2.14. The lowest BCUT2D eigenvalue weighted by molar-refractivity contribution is -0.0497. The van der Waals surface area contributed by atoms with Crippen LogP contribution in [0.15, 0.2) is 16.5 Å². The van der Waals surface area contributed by atoms with Crippen molar-refractivity contribution in [3.63, 3.8) is 0 Å². The van der Waals surface area contributed by atoms with E-state index in [1.165, 1.54) is 32.1 Å². The van der Waals surface area contributed by atoms with Crippen LogP contribution in [-0.4, -0.2) is 0 Å². The van der Waals surface area contributed by atoms with E-state index in [1.807, 2.05) is 0 Å². The summed E-state index contributed by atoms with van der Waals surface area (Å²) in [5, 5.41) is 0. The Hall–Kier alpha value is -0.760. The van der Waals surface area contributed by atoms with Gasteiger partial charge in [0.25, 0.3) is 0 Å². The van der Waals surface area contributed by atoms with E-state index in [-0.39, 0.29) is 6.04 Å². The fourth-order valence-corrected chi connectivity index (χ4v) is 5.51. The normalized spacial score (nSPS) is 41.7. The zero-order valence-corrected chi connectivity index (χ0v) is 11.8. The molecule has 4 aliphatic carbocycles. The largest absolute Gasteiger partial charge is 0.464 e. The van der Waals surface area contributed by atoms with E-state index in [0.717, 1.165) is 41.6 Å². The standard InChI is InChI=1S/C17H25NO/c1-2-14-3-4-15(19-14)17(18)16-12-6-10-5-11(8-12)9-13(16)7-10/h3-4,10-13,16-17H,2,5-9,18H2,1H3. The van der Waals surface area contributed by atoms with E-state index in [0.29, 0.717) is 5.92 Å². The molecule has 1 heterocycles. The molecule has 4 bridgehead atoms. The van der Waals surface area contributed by atoms with Gasteiger partial charge in [-0.25, -0.2) is 0 Å². The van der Waals surface area contributed by atoms with Crippen molar-refractivity contribution in [1.82, 2.24) is 0 Å². The first kappa shape index (κ1) is 12.0. The van der Waals surface area contributed by atoms with Crippen LogP contribution < -0.4 is 5.73 Å². The first-order valence-corrected chi connectivity index (χ1v) is 8.08.